The molecule has 1 saturated heterocycles. The first-order valence-electron chi connectivity index (χ1n) is 12.3. The summed E-state index contributed by atoms with van der Waals surface area (Å²) in [5.41, 5.74) is 1.20. The summed E-state index contributed by atoms with van der Waals surface area (Å²) in [7, 11) is 0. The molecule has 8 nitrogen and oxygen atoms in total. The number of phenols is 1. The van der Waals surface area contributed by atoms with Crippen molar-refractivity contribution in [1.29, 1.82) is 0 Å². The molecule has 0 spiro atoms. The number of thioether (sulfide) groups is 1. The molecule has 1 aliphatic rings. The Balaban J connectivity index is 1.84. The molecule has 3 amide bonds. The normalized spacial score (nSPS) is 18.3. The summed E-state index contributed by atoms with van der Waals surface area (Å²) < 4.78 is 36.9. The lowest BCUT2D eigenvalue weighted by molar-refractivity contribution is -0.148. The van der Waals surface area contributed by atoms with Crippen molar-refractivity contribution in [2.24, 2.45) is 0 Å². The van der Waals surface area contributed by atoms with E-state index in [-0.39, 0.29) is 23.6 Å². The number of nitrogens with one attached hydrogen (secondary N) is 2. The van der Waals surface area contributed by atoms with Gasteiger partial charge >= 0.3 is 6.18 Å². The molecule has 2 aromatic rings. The Morgan fingerprint density at radius 3 is 2.44 bits per heavy atom. The third-order valence-electron chi connectivity index (χ3n) is 6.58. The molecule has 4 N–H and O–H groups in total. The van der Waals surface area contributed by atoms with Crippen molar-refractivity contribution in [2.75, 3.05) is 12.4 Å². The second-order valence-corrected chi connectivity index (χ2v) is 11.5. The van der Waals surface area contributed by atoms with Gasteiger partial charge in [0.05, 0.1) is 18.3 Å². The predicted octanol–water partition coefficient (Wildman–Crippen LogP) is 3.15. The maximum absolute atomic E-state index is 13.6. The quantitative estimate of drug-likeness (QED) is 0.370. The number of halogens is 3. The van der Waals surface area contributed by atoms with Crippen LogP contribution in [0.3, 0.4) is 0 Å². The van der Waals surface area contributed by atoms with E-state index in [0.717, 1.165) is 10.5 Å². The fourth-order valence-corrected chi connectivity index (χ4v) is 5.54. The molecular formula is C27H32F3N3O5S. The molecule has 12 heteroatoms. The zero-order valence-corrected chi connectivity index (χ0v) is 22.6. The minimum Gasteiger partial charge on any atom is -0.508 e. The Labute approximate surface area is 229 Å². The van der Waals surface area contributed by atoms with E-state index in [1.807, 2.05) is 0 Å². The van der Waals surface area contributed by atoms with Gasteiger partial charge in [0.15, 0.2) is 6.10 Å². The lowest BCUT2D eigenvalue weighted by Crippen LogP contribution is -2.58. The number of phenolic OH excluding ortho intramolecular Hbond substituents is 1. The fourth-order valence-electron chi connectivity index (χ4n) is 4.40. The lowest BCUT2D eigenvalue weighted by atomic mass is 9.96. The first-order chi connectivity index (χ1) is 18.2. The van der Waals surface area contributed by atoms with Gasteiger partial charge in [0.2, 0.25) is 5.91 Å². The van der Waals surface area contributed by atoms with E-state index in [1.54, 1.807) is 51.1 Å². The van der Waals surface area contributed by atoms with Crippen LogP contribution < -0.4 is 10.6 Å². The van der Waals surface area contributed by atoms with Crippen molar-refractivity contribution in [2.45, 2.75) is 62.7 Å². The first-order valence-corrected chi connectivity index (χ1v) is 13.3. The molecule has 0 aromatic heterocycles. The average Bonchev–Trinajstić information content (AvgIpc) is 3.19. The molecule has 3 rings (SSSR count). The van der Waals surface area contributed by atoms with Crippen LogP contribution in [0.5, 0.6) is 5.75 Å². The Bertz CT molecular complexity index is 1190. The number of nitrogens with zero attached hydrogens (tertiary/aromatic N) is 1. The van der Waals surface area contributed by atoms with Gasteiger partial charge in [0.25, 0.3) is 11.8 Å². The Kier molecular flexibility index (Phi) is 9.55. The highest BCUT2D eigenvalue weighted by molar-refractivity contribution is 8.00. The number of carbonyl (C=O) groups excluding carboxylic acids is 3. The van der Waals surface area contributed by atoms with Gasteiger partial charge in [-0.15, -0.1) is 11.8 Å². The summed E-state index contributed by atoms with van der Waals surface area (Å²) in [6.45, 7) is 4.31. The third kappa shape index (κ3) is 7.66. The molecular weight excluding hydrogens is 535 g/mol. The Morgan fingerprint density at radius 2 is 1.79 bits per heavy atom. The summed E-state index contributed by atoms with van der Waals surface area (Å²) in [5, 5.41) is 26.2. The molecule has 1 fully saturated rings. The van der Waals surface area contributed by atoms with Gasteiger partial charge in [-0.05, 0) is 44.9 Å². The van der Waals surface area contributed by atoms with Crippen LogP contribution in [-0.2, 0) is 16.0 Å². The van der Waals surface area contributed by atoms with E-state index in [0.29, 0.717) is 5.56 Å². The average molecular weight is 568 g/mol. The second kappa shape index (κ2) is 12.3. The molecule has 1 aliphatic heterocycles. The molecule has 212 valence electrons. The van der Waals surface area contributed by atoms with Crippen molar-refractivity contribution in [1.82, 2.24) is 15.5 Å². The van der Waals surface area contributed by atoms with E-state index >= 15 is 0 Å². The minimum absolute atomic E-state index is 0.0257. The van der Waals surface area contributed by atoms with Crippen LogP contribution in [0.25, 0.3) is 0 Å². The molecule has 0 radical (unpaired) electrons. The van der Waals surface area contributed by atoms with Gasteiger partial charge in [-0.2, -0.15) is 13.2 Å². The lowest BCUT2D eigenvalue weighted by Gasteiger charge is -2.33. The van der Waals surface area contributed by atoms with Crippen LogP contribution >= 0.6 is 11.8 Å². The van der Waals surface area contributed by atoms with Crippen molar-refractivity contribution in [3.63, 3.8) is 0 Å². The first kappa shape index (κ1) is 30.3. The van der Waals surface area contributed by atoms with Gasteiger partial charge < -0.3 is 25.7 Å². The van der Waals surface area contributed by atoms with Crippen molar-refractivity contribution in [3.8, 4) is 5.75 Å². The summed E-state index contributed by atoms with van der Waals surface area (Å²) in [4.78, 5) is 40.7. The summed E-state index contributed by atoms with van der Waals surface area (Å²) in [5.74, 6) is -2.27. The number of benzene rings is 2. The highest BCUT2D eigenvalue weighted by Gasteiger charge is 2.50. The van der Waals surface area contributed by atoms with Crippen LogP contribution in [0, 0.1) is 6.92 Å². The molecule has 1 heterocycles. The van der Waals surface area contributed by atoms with Gasteiger partial charge in [-0.3, -0.25) is 14.4 Å². The molecule has 2 aromatic carbocycles. The van der Waals surface area contributed by atoms with E-state index in [1.165, 1.54) is 30.0 Å². The number of alkyl halides is 3. The maximum atomic E-state index is 13.6. The number of amides is 3. The zero-order chi connectivity index (χ0) is 29.0. The number of aromatic hydroxyl groups is 1. The van der Waals surface area contributed by atoms with Gasteiger partial charge in [0, 0.05) is 22.4 Å². The number of hydrogen-bond donors (Lipinski definition) is 4. The molecule has 0 bridgehead atoms. The van der Waals surface area contributed by atoms with Crippen molar-refractivity contribution >= 4 is 29.5 Å². The predicted molar refractivity (Wildman–Crippen MR) is 141 cm³/mol. The monoisotopic (exact) mass is 567 g/mol. The Hall–Kier alpha value is -3.25. The van der Waals surface area contributed by atoms with Crippen molar-refractivity contribution in [3.05, 3.63) is 65.2 Å². The second-order valence-electron chi connectivity index (χ2n) is 9.91. The third-order valence-corrected chi connectivity index (χ3v) is 7.96. The number of hydrogen-bond acceptors (Lipinski definition) is 6. The number of rotatable bonds is 9. The standard InChI is InChI=1S/C27H32F3N3O5S/c1-16-18(10-7-11-20(16)34)23(36)32-19(14-17-8-5-4-6-9-17)21(35)25(38)33-15-39-26(2,3)22(33)24(37)31-13-12-27(28,29)30/h4-11,19,21-22,34-35H,12-15H2,1-3H3,(H,31,37)(H,32,36). The van der Waals surface area contributed by atoms with Crippen LogP contribution in [0.1, 0.15) is 41.8 Å². The van der Waals surface area contributed by atoms with Gasteiger partial charge in [-0.1, -0.05) is 36.4 Å². The van der Waals surface area contributed by atoms with Gasteiger partial charge in [0.1, 0.15) is 11.8 Å². The largest absolute Gasteiger partial charge is 0.508 e. The van der Waals surface area contributed by atoms with Crippen LogP contribution in [-0.4, -0.2) is 74.4 Å². The summed E-state index contributed by atoms with van der Waals surface area (Å²) in [6, 6.07) is 11.0. The smallest absolute Gasteiger partial charge is 0.390 e. The van der Waals surface area contributed by atoms with Gasteiger partial charge in [-0.25, -0.2) is 0 Å². The molecule has 39 heavy (non-hydrogen) atoms. The topological polar surface area (TPSA) is 119 Å². The van der Waals surface area contributed by atoms with E-state index in [4.69, 9.17) is 0 Å². The van der Waals surface area contributed by atoms with Crippen LogP contribution in [0.2, 0.25) is 0 Å². The van der Waals surface area contributed by atoms with Crippen LogP contribution in [0.4, 0.5) is 13.2 Å². The summed E-state index contributed by atoms with van der Waals surface area (Å²) >= 11 is 1.25. The SMILES string of the molecule is Cc1c(O)cccc1C(=O)NC(Cc1ccccc1)C(O)C(=O)N1CSC(C)(C)C1C(=O)NCCC(F)(F)F. The number of aliphatic hydroxyl groups is 1. The highest BCUT2D eigenvalue weighted by Crippen LogP contribution is 2.40. The van der Waals surface area contributed by atoms with E-state index in [2.05, 4.69) is 10.6 Å². The minimum atomic E-state index is -4.45. The van der Waals surface area contributed by atoms with E-state index in [9.17, 15) is 37.8 Å². The number of carbonyl (C=O) groups is 3. The zero-order valence-electron chi connectivity index (χ0n) is 21.8. The fraction of sp³-hybridized carbons (Fsp3) is 0.444. The molecule has 0 aliphatic carbocycles. The Morgan fingerprint density at radius 1 is 1.13 bits per heavy atom. The maximum Gasteiger partial charge on any atom is 0.390 e. The van der Waals surface area contributed by atoms with Crippen LogP contribution in [0.15, 0.2) is 48.5 Å². The number of aliphatic hydroxyl groups excluding tert-OH is 1. The van der Waals surface area contributed by atoms with E-state index < -0.39 is 59.8 Å². The van der Waals surface area contributed by atoms with Crippen molar-refractivity contribution < 1.29 is 37.8 Å². The highest BCUT2D eigenvalue weighted by atomic mass is 32.2. The molecule has 0 saturated carbocycles. The summed E-state index contributed by atoms with van der Waals surface area (Å²) in [6.07, 6.45) is -7.36. The molecule has 3 unspecified atom stereocenters. The molecule has 3 atom stereocenters.